The van der Waals surface area contributed by atoms with Crippen LogP contribution >= 0.6 is 0 Å². The first-order chi connectivity index (χ1) is 31.6. The van der Waals surface area contributed by atoms with E-state index in [2.05, 4.69) is 98.9 Å². The second-order valence-corrected chi connectivity index (χ2v) is 18.4. The number of hydrogen-bond acceptors (Lipinski definition) is 6. The van der Waals surface area contributed by atoms with E-state index in [4.69, 9.17) is 14.2 Å². The number of allylic oxidation sites excluding steroid dienone is 14. The Morgan fingerprint density at radius 3 is 1.35 bits per heavy atom. The highest BCUT2D eigenvalue weighted by molar-refractivity contribution is 5.72. The van der Waals surface area contributed by atoms with Crippen LogP contribution in [-0.4, -0.2) is 80.6 Å². The average molecular weight is 909 g/mol. The fraction of sp³-hybridized carbons (Fsp3) is 0.702. The molecule has 0 radical (unpaired) electrons. The zero-order valence-corrected chi connectivity index (χ0v) is 42.4. The second-order valence-electron chi connectivity index (χ2n) is 18.4. The molecule has 0 spiro atoms. The SMILES string of the molecule is CCCCC/C=C/C/C=C/C/C=C/C/C=C/C/C=C/CCCCC(=O)OC(COCCC(C(=O)O)[N+](C)(C)C)COC(=O)CCCCCCCCCCCC/C=C/C=C/CCCCCC. The molecule has 0 aromatic carbocycles. The summed E-state index contributed by atoms with van der Waals surface area (Å²) < 4.78 is 17.3. The summed E-state index contributed by atoms with van der Waals surface area (Å²) >= 11 is 0. The van der Waals surface area contributed by atoms with Crippen molar-refractivity contribution in [3.05, 3.63) is 85.1 Å². The van der Waals surface area contributed by atoms with Gasteiger partial charge < -0.3 is 23.8 Å². The Morgan fingerprint density at radius 1 is 0.477 bits per heavy atom. The van der Waals surface area contributed by atoms with Crippen LogP contribution in [0.5, 0.6) is 0 Å². The molecule has 8 nitrogen and oxygen atoms in total. The summed E-state index contributed by atoms with van der Waals surface area (Å²) in [6.07, 6.45) is 62.0. The fourth-order valence-electron chi connectivity index (χ4n) is 7.22. The number of quaternary nitrogens is 1. The first-order valence-corrected chi connectivity index (χ1v) is 26.1. The molecule has 0 aromatic heterocycles. The number of unbranched alkanes of at least 4 members (excludes halogenated alkanes) is 19. The van der Waals surface area contributed by atoms with Crippen LogP contribution in [0.4, 0.5) is 0 Å². The van der Waals surface area contributed by atoms with Crippen LogP contribution in [0.15, 0.2) is 85.1 Å². The molecule has 65 heavy (non-hydrogen) atoms. The van der Waals surface area contributed by atoms with Crippen LogP contribution in [0, 0.1) is 0 Å². The largest absolute Gasteiger partial charge is 0.477 e. The van der Waals surface area contributed by atoms with Crippen molar-refractivity contribution in [2.24, 2.45) is 0 Å². The van der Waals surface area contributed by atoms with E-state index >= 15 is 0 Å². The third-order valence-electron chi connectivity index (χ3n) is 11.3. The molecule has 0 aromatic rings. The number of nitrogens with zero attached hydrogens (tertiary/aromatic N) is 1. The predicted octanol–water partition coefficient (Wildman–Crippen LogP) is 15.3. The third kappa shape index (κ3) is 45.5. The molecule has 0 aliphatic rings. The molecule has 0 saturated heterocycles. The first kappa shape index (κ1) is 61.5. The van der Waals surface area contributed by atoms with Gasteiger partial charge in [-0.25, -0.2) is 4.79 Å². The highest BCUT2D eigenvalue weighted by Crippen LogP contribution is 2.14. The quantitative estimate of drug-likeness (QED) is 0.0213. The van der Waals surface area contributed by atoms with Gasteiger partial charge in [0.15, 0.2) is 12.1 Å². The summed E-state index contributed by atoms with van der Waals surface area (Å²) in [5, 5.41) is 9.66. The van der Waals surface area contributed by atoms with Gasteiger partial charge in [0.05, 0.1) is 34.4 Å². The van der Waals surface area contributed by atoms with Crippen LogP contribution in [0.1, 0.15) is 206 Å². The van der Waals surface area contributed by atoms with Gasteiger partial charge in [-0.1, -0.05) is 182 Å². The van der Waals surface area contributed by atoms with Crippen molar-refractivity contribution in [1.29, 1.82) is 0 Å². The lowest BCUT2D eigenvalue weighted by Crippen LogP contribution is -2.50. The molecule has 0 saturated carbocycles. The summed E-state index contributed by atoms with van der Waals surface area (Å²) in [6, 6.07) is -0.628. The lowest BCUT2D eigenvalue weighted by atomic mass is 10.1. The molecule has 0 amide bonds. The molecule has 0 bridgehead atoms. The summed E-state index contributed by atoms with van der Waals surface area (Å²) in [5.41, 5.74) is 0. The van der Waals surface area contributed by atoms with Crippen LogP contribution in [0.3, 0.4) is 0 Å². The standard InChI is InChI=1S/C57H97NO7/c1-6-8-10-12-14-16-18-20-22-24-26-28-30-32-34-36-38-40-42-44-46-48-56(60)65-53(51-63-50-49-54(57(61)62)58(3,4)5)52-64-55(59)47-45-43-41-39-37-35-33-31-29-27-25-23-21-19-17-15-13-11-9-7-2/h14,16-17,19-23,26,28,32,34,38,40,53-54H,6-13,15,18,24-25,27,29-31,33,35-37,39,41-52H2,1-5H3/p+1/b16-14+,19-17+,22-20+,23-21+,28-26+,34-32+,40-38+. The smallest absolute Gasteiger partial charge is 0.362 e. The third-order valence-corrected chi connectivity index (χ3v) is 11.3. The van der Waals surface area contributed by atoms with Crippen molar-refractivity contribution < 1.29 is 38.2 Å². The molecule has 0 fully saturated rings. The maximum absolute atomic E-state index is 12.8. The lowest BCUT2D eigenvalue weighted by molar-refractivity contribution is -0.887. The van der Waals surface area contributed by atoms with Gasteiger partial charge in [-0.05, 0) is 89.9 Å². The van der Waals surface area contributed by atoms with Gasteiger partial charge in [0.1, 0.15) is 6.61 Å². The Morgan fingerprint density at radius 2 is 0.862 bits per heavy atom. The van der Waals surface area contributed by atoms with Gasteiger partial charge in [-0.2, -0.15) is 0 Å². The van der Waals surface area contributed by atoms with Gasteiger partial charge in [0, 0.05) is 19.3 Å². The first-order valence-electron chi connectivity index (χ1n) is 26.1. The van der Waals surface area contributed by atoms with Gasteiger partial charge in [-0.15, -0.1) is 0 Å². The summed E-state index contributed by atoms with van der Waals surface area (Å²) in [4.78, 5) is 37.2. The molecule has 1 N–H and O–H groups in total. The van der Waals surface area contributed by atoms with Crippen molar-refractivity contribution >= 4 is 17.9 Å². The van der Waals surface area contributed by atoms with Crippen molar-refractivity contribution in [3.63, 3.8) is 0 Å². The van der Waals surface area contributed by atoms with E-state index in [-0.39, 0.29) is 42.7 Å². The lowest BCUT2D eigenvalue weighted by Gasteiger charge is -2.31. The Kier molecular flexibility index (Phi) is 44.5. The average Bonchev–Trinajstić information content (AvgIpc) is 3.27. The Balaban J connectivity index is 4.35. The van der Waals surface area contributed by atoms with Crippen molar-refractivity contribution in [2.45, 2.75) is 219 Å². The number of carboxylic acids is 1. The van der Waals surface area contributed by atoms with Gasteiger partial charge in [0.2, 0.25) is 0 Å². The van der Waals surface area contributed by atoms with Crippen LogP contribution in [0.2, 0.25) is 0 Å². The number of aliphatic carboxylic acids is 1. The normalized spacial score (nSPS) is 13.6. The van der Waals surface area contributed by atoms with Crippen molar-refractivity contribution in [1.82, 2.24) is 0 Å². The number of carbonyl (C=O) groups is 3. The van der Waals surface area contributed by atoms with E-state index in [0.29, 0.717) is 19.3 Å². The summed E-state index contributed by atoms with van der Waals surface area (Å²) in [5.74, 6) is -1.53. The molecular weight excluding hydrogens is 811 g/mol. The molecule has 0 aliphatic heterocycles. The van der Waals surface area contributed by atoms with E-state index < -0.39 is 18.1 Å². The Bertz CT molecular complexity index is 1330. The van der Waals surface area contributed by atoms with Crippen LogP contribution in [0.25, 0.3) is 0 Å². The van der Waals surface area contributed by atoms with Gasteiger partial charge >= 0.3 is 17.9 Å². The molecule has 0 rings (SSSR count). The van der Waals surface area contributed by atoms with E-state index in [1.807, 2.05) is 21.1 Å². The number of hydrogen-bond donors (Lipinski definition) is 1. The number of likely N-dealkylation sites (N-methyl/N-ethyl adjacent to an activating group) is 1. The zero-order valence-electron chi connectivity index (χ0n) is 42.4. The van der Waals surface area contributed by atoms with Crippen LogP contribution < -0.4 is 0 Å². The molecule has 2 unspecified atom stereocenters. The highest BCUT2D eigenvalue weighted by atomic mass is 16.6. The van der Waals surface area contributed by atoms with E-state index in [1.165, 1.54) is 109 Å². The van der Waals surface area contributed by atoms with E-state index in [9.17, 15) is 19.5 Å². The minimum absolute atomic E-state index is 0.0384. The maximum Gasteiger partial charge on any atom is 0.362 e. The zero-order chi connectivity index (χ0) is 47.7. The Hall–Kier alpha value is -3.49. The molecular formula is C57H98NO7+. The second kappa shape index (κ2) is 47.0. The number of ether oxygens (including phenoxy) is 3. The van der Waals surface area contributed by atoms with Gasteiger partial charge in [-0.3, -0.25) is 9.59 Å². The van der Waals surface area contributed by atoms with E-state index in [1.54, 1.807) is 0 Å². The monoisotopic (exact) mass is 909 g/mol. The topological polar surface area (TPSA) is 99.1 Å². The molecule has 0 aliphatic carbocycles. The van der Waals surface area contributed by atoms with Crippen LogP contribution in [-0.2, 0) is 28.6 Å². The predicted molar refractivity (Wildman–Crippen MR) is 275 cm³/mol. The fourth-order valence-corrected chi connectivity index (χ4v) is 7.22. The molecule has 8 heteroatoms. The number of carbonyl (C=O) groups excluding carboxylic acids is 2. The van der Waals surface area contributed by atoms with Crippen molar-refractivity contribution in [3.8, 4) is 0 Å². The minimum Gasteiger partial charge on any atom is -0.477 e. The molecule has 0 heterocycles. The highest BCUT2D eigenvalue weighted by Gasteiger charge is 2.31. The van der Waals surface area contributed by atoms with Crippen molar-refractivity contribution in [2.75, 3.05) is 41.0 Å². The summed E-state index contributed by atoms with van der Waals surface area (Å²) in [7, 11) is 5.51. The maximum atomic E-state index is 12.8. The van der Waals surface area contributed by atoms with Gasteiger partial charge in [0.25, 0.3) is 0 Å². The molecule has 2 atom stereocenters. The van der Waals surface area contributed by atoms with E-state index in [0.717, 1.165) is 57.8 Å². The summed E-state index contributed by atoms with van der Waals surface area (Å²) in [6.45, 7) is 4.64. The minimum atomic E-state index is -0.885. The number of rotatable bonds is 46. The number of esters is 2. The number of carboxylic acid groups (broad SMARTS) is 1. The Labute approximate surface area is 399 Å². The molecule has 372 valence electrons.